The van der Waals surface area contributed by atoms with Crippen LogP contribution in [0.2, 0.25) is 0 Å². The minimum Gasteiger partial charge on any atom is -0.478 e. The Morgan fingerprint density at radius 3 is 2.64 bits per heavy atom. The van der Waals surface area contributed by atoms with Gasteiger partial charge in [0.05, 0.1) is 0 Å². The van der Waals surface area contributed by atoms with Gasteiger partial charge in [-0.25, -0.2) is 4.79 Å². The fourth-order valence-corrected chi connectivity index (χ4v) is 6.34. The van der Waals surface area contributed by atoms with Crippen LogP contribution >= 0.6 is 0 Å². The number of aliphatic carboxylic acids is 1. The Kier molecular flexibility index (Phi) is 3.40. The van der Waals surface area contributed by atoms with Crippen LogP contribution < -0.4 is 0 Å². The van der Waals surface area contributed by atoms with Gasteiger partial charge in [-0.3, -0.25) is 0 Å². The smallest absolute Gasteiger partial charge is 0.328 e. The van der Waals surface area contributed by atoms with Crippen molar-refractivity contribution in [3.8, 4) is 0 Å². The van der Waals surface area contributed by atoms with Gasteiger partial charge in [-0.05, 0) is 62.2 Å². The maximum Gasteiger partial charge on any atom is 0.328 e. The highest BCUT2D eigenvalue weighted by Crippen LogP contribution is 2.77. The van der Waals surface area contributed by atoms with E-state index in [0.29, 0.717) is 16.7 Å². The molecular formula is C20H30O2. The van der Waals surface area contributed by atoms with Crippen LogP contribution in [0, 0.1) is 28.1 Å². The van der Waals surface area contributed by atoms with Crippen molar-refractivity contribution in [2.75, 3.05) is 0 Å². The van der Waals surface area contributed by atoms with Crippen LogP contribution in [-0.2, 0) is 4.79 Å². The summed E-state index contributed by atoms with van der Waals surface area (Å²) < 4.78 is 0. The molecule has 3 aliphatic carbocycles. The lowest BCUT2D eigenvalue weighted by Gasteiger charge is -2.58. The second kappa shape index (κ2) is 4.72. The minimum atomic E-state index is -0.803. The van der Waals surface area contributed by atoms with E-state index in [1.165, 1.54) is 37.3 Å². The lowest BCUT2D eigenvalue weighted by molar-refractivity contribution is -0.131. The lowest BCUT2D eigenvalue weighted by atomic mass is 9.46. The van der Waals surface area contributed by atoms with Gasteiger partial charge in [0.2, 0.25) is 0 Å². The third-order valence-corrected chi connectivity index (χ3v) is 7.47. The van der Waals surface area contributed by atoms with Gasteiger partial charge < -0.3 is 5.11 Å². The van der Waals surface area contributed by atoms with Gasteiger partial charge in [-0.15, -0.1) is 0 Å². The van der Waals surface area contributed by atoms with E-state index in [9.17, 15) is 4.79 Å². The average molecular weight is 302 g/mol. The first-order chi connectivity index (χ1) is 10.1. The molecule has 3 rings (SSSR count). The maximum absolute atomic E-state index is 11.1. The van der Waals surface area contributed by atoms with Crippen LogP contribution in [0.25, 0.3) is 0 Å². The average Bonchev–Trinajstić information content (AvgIpc) is 3.11. The number of carboxylic acid groups (broad SMARTS) is 1. The molecule has 1 N–H and O–H groups in total. The Balaban J connectivity index is 2.03. The van der Waals surface area contributed by atoms with E-state index in [1.54, 1.807) is 0 Å². The molecule has 1 spiro atoms. The zero-order valence-electron chi connectivity index (χ0n) is 14.7. The van der Waals surface area contributed by atoms with Crippen molar-refractivity contribution in [3.05, 3.63) is 23.3 Å². The summed E-state index contributed by atoms with van der Waals surface area (Å²) in [5, 5.41) is 9.10. The molecule has 122 valence electrons. The quantitative estimate of drug-likeness (QED) is 0.562. The highest BCUT2D eigenvalue weighted by molar-refractivity contribution is 5.81. The maximum atomic E-state index is 11.1. The van der Waals surface area contributed by atoms with Crippen molar-refractivity contribution in [3.63, 3.8) is 0 Å². The van der Waals surface area contributed by atoms with Crippen molar-refractivity contribution in [1.82, 2.24) is 0 Å². The minimum absolute atomic E-state index is 0.226. The van der Waals surface area contributed by atoms with E-state index in [0.717, 1.165) is 17.9 Å². The van der Waals surface area contributed by atoms with E-state index < -0.39 is 5.97 Å². The molecule has 2 saturated carbocycles. The Morgan fingerprint density at radius 2 is 2.00 bits per heavy atom. The molecular weight excluding hydrogens is 272 g/mol. The fourth-order valence-electron chi connectivity index (χ4n) is 6.34. The van der Waals surface area contributed by atoms with E-state index in [4.69, 9.17) is 5.11 Å². The lowest BCUT2D eigenvalue weighted by Crippen LogP contribution is -2.50. The molecule has 0 saturated heterocycles. The molecule has 0 aliphatic heterocycles. The Bertz CT molecular complexity index is 568. The fraction of sp³-hybridized carbons (Fsp3) is 0.750. The molecule has 2 fully saturated rings. The Morgan fingerprint density at radius 1 is 1.32 bits per heavy atom. The molecule has 2 heteroatoms. The van der Waals surface area contributed by atoms with Crippen molar-refractivity contribution in [2.24, 2.45) is 28.1 Å². The van der Waals surface area contributed by atoms with E-state index in [1.807, 2.05) is 6.92 Å². The summed E-state index contributed by atoms with van der Waals surface area (Å²) in [5.41, 5.74) is 3.53. The summed E-state index contributed by atoms with van der Waals surface area (Å²) in [6.07, 6.45) is 10.2. The van der Waals surface area contributed by atoms with E-state index >= 15 is 0 Å². The zero-order valence-corrected chi connectivity index (χ0v) is 14.7. The molecule has 22 heavy (non-hydrogen) atoms. The molecule has 0 radical (unpaired) electrons. The third kappa shape index (κ3) is 1.95. The van der Waals surface area contributed by atoms with Gasteiger partial charge in [0.1, 0.15) is 0 Å². The first-order valence-electron chi connectivity index (χ1n) is 8.73. The molecule has 0 aromatic carbocycles. The van der Waals surface area contributed by atoms with Gasteiger partial charge in [-0.2, -0.15) is 0 Å². The molecule has 0 heterocycles. The largest absolute Gasteiger partial charge is 0.478 e. The zero-order chi connectivity index (χ0) is 16.3. The van der Waals surface area contributed by atoms with Crippen LogP contribution in [-0.4, -0.2) is 11.1 Å². The number of carboxylic acids is 1. The predicted molar refractivity (Wildman–Crippen MR) is 89.5 cm³/mol. The number of hydrogen-bond acceptors (Lipinski definition) is 1. The van der Waals surface area contributed by atoms with Crippen LogP contribution in [0.4, 0.5) is 0 Å². The van der Waals surface area contributed by atoms with Gasteiger partial charge in [0, 0.05) is 11.5 Å². The first kappa shape index (κ1) is 15.8. The molecule has 2 nitrogen and oxygen atoms in total. The van der Waals surface area contributed by atoms with Gasteiger partial charge in [0.25, 0.3) is 0 Å². The molecule has 3 aliphatic rings. The first-order valence-corrected chi connectivity index (χ1v) is 8.73. The highest BCUT2D eigenvalue weighted by Gasteiger charge is 2.70. The number of hydrogen-bond donors (Lipinski definition) is 1. The van der Waals surface area contributed by atoms with Crippen LogP contribution in [0.3, 0.4) is 0 Å². The predicted octanol–water partition coefficient (Wildman–Crippen LogP) is 5.21. The molecule has 4 unspecified atom stereocenters. The number of carbonyl (C=O) groups is 1. The summed E-state index contributed by atoms with van der Waals surface area (Å²) in [6, 6.07) is 0. The summed E-state index contributed by atoms with van der Waals surface area (Å²) in [4.78, 5) is 11.1. The van der Waals surface area contributed by atoms with Crippen molar-refractivity contribution in [1.29, 1.82) is 0 Å². The highest BCUT2D eigenvalue weighted by atomic mass is 16.4. The molecule has 0 aromatic rings. The van der Waals surface area contributed by atoms with Gasteiger partial charge in [0.15, 0.2) is 0 Å². The Hall–Kier alpha value is -1.05. The van der Waals surface area contributed by atoms with Crippen LogP contribution in [0.5, 0.6) is 0 Å². The number of fused-ring (bicyclic) bond motifs is 2. The van der Waals surface area contributed by atoms with Gasteiger partial charge >= 0.3 is 5.97 Å². The summed E-state index contributed by atoms with van der Waals surface area (Å²) in [6.45, 7) is 11.7. The Labute approximate surface area is 134 Å². The van der Waals surface area contributed by atoms with E-state index in [-0.39, 0.29) is 5.41 Å². The topological polar surface area (TPSA) is 37.3 Å². The van der Waals surface area contributed by atoms with Crippen LogP contribution in [0.1, 0.15) is 66.7 Å². The molecule has 0 bridgehead atoms. The molecule has 0 aromatic heterocycles. The second-order valence-electron chi connectivity index (χ2n) is 8.89. The second-order valence-corrected chi connectivity index (χ2v) is 8.89. The summed E-state index contributed by atoms with van der Waals surface area (Å²) in [7, 11) is 0. The monoisotopic (exact) mass is 302 g/mol. The van der Waals surface area contributed by atoms with Crippen molar-refractivity contribution in [2.45, 2.75) is 66.7 Å². The number of rotatable bonds is 2. The summed E-state index contributed by atoms with van der Waals surface area (Å²) in [5.74, 6) is 0.351. The SMILES string of the molecule is CC(=CC(=O)O)C1CC12C(C)=CCC1C(C)(C)CCCC12C. The molecule has 4 atom stereocenters. The number of allylic oxidation sites excluding steroid dienone is 3. The van der Waals surface area contributed by atoms with Crippen LogP contribution in [0.15, 0.2) is 23.3 Å². The molecule has 0 amide bonds. The third-order valence-electron chi connectivity index (χ3n) is 7.47. The van der Waals surface area contributed by atoms with E-state index in [2.05, 4.69) is 33.8 Å². The summed E-state index contributed by atoms with van der Waals surface area (Å²) >= 11 is 0. The normalized spacial score (nSPS) is 43.5. The van der Waals surface area contributed by atoms with Crippen molar-refractivity contribution < 1.29 is 9.90 Å². The van der Waals surface area contributed by atoms with Crippen molar-refractivity contribution >= 4 is 5.97 Å². The van der Waals surface area contributed by atoms with Gasteiger partial charge in [-0.1, -0.05) is 44.4 Å². The standard InChI is InChI=1S/C20H30O2/c1-13(11-17(21)22)15-12-20(15)14(2)7-8-16-18(3,4)9-6-10-19(16,20)5/h7,11,15-16H,6,8-10,12H2,1-5H3,(H,21,22).